The standard InChI is InChI=1S/C21H23NO/c1-2-3-9-14-22-16-19(18-12-7-8-13-20(18)22)21(23)15-17-10-5-4-6-11-17/h4-8,10-13,16H,2-3,9,14-15H2,1H3. The number of Topliss-reactive ketones (excluding diaryl/α,β-unsaturated/α-hetero) is 1. The predicted octanol–water partition coefficient (Wildman–Crippen LogP) is 5.26. The zero-order chi connectivity index (χ0) is 16.1. The average molecular weight is 305 g/mol. The van der Waals surface area contributed by atoms with Crippen LogP contribution in [0.3, 0.4) is 0 Å². The maximum absolute atomic E-state index is 12.8. The lowest BCUT2D eigenvalue weighted by Gasteiger charge is -2.03. The molecule has 2 aromatic carbocycles. The minimum Gasteiger partial charge on any atom is -0.347 e. The van der Waals surface area contributed by atoms with Gasteiger partial charge in [-0.05, 0) is 18.1 Å². The van der Waals surface area contributed by atoms with E-state index in [9.17, 15) is 4.79 Å². The largest absolute Gasteiger partial charge is 0.347 e. The van der Waals surface area contributed by atoms with Gasteiger partial charge in [0, 0.05) is 35.6 Å². The van der Waals surface area contributed by atoms with E-state index >= 15 is 0 Å². The zero-order valence-electron chi connectivity index (χ0n) is 13.7. The number of hydrogen-bond donors (Lipinski definition) is 0. The number of aromatic nitrogens is 1. The Morgan fingerprint density at radius 2 is 1.70 bits per heavy atom. The summed E-state index contributed by atoms with van der Waals surface area (Å²) in [6.45, 7) is 3.19. The van der Waals surface area contributed by atoms with E-state index in [1.165, 1.54) is 18.4 Å². The molecule has 23 heavy (non-hydrogen) atoms. The molecule has 0 atom stereocenters. The normalized spacial score (nSPS) is 11.0. The number of rotatable bonds is 7. The molecule has 1 heterocycles. The van der Waals surface area contributed by atoms with Crippen molar-refractivity contribution in [3.8, 4) is 0 Å². The monoisotopic (exact) mass is 305 g/mol. The van der Waals surface area contributed by atoms with Gasteiger partial charge in [0.2, 0.25) is 0 Å². The number of unbranched alkanes of at least 4 members (excludes halogenated alkanes) is 2. The molecule has 0 radical (unpaired) electrons. The minimum absolute atomic E-state index is 0.196. The van der Waals surface area contributed by atoms with Crippen LogP contribution < -0.4 is 0 Å². The highest BCUT2D eigenvalue weighted by molar-refractivity contribution is 6.08. The second kappa shape index (κ2) is 7.28. The molecule has 3 rings (SSSR count). The van der Waals surface area contributed by atoms with Crippen molar-refractivity contribution in [2.24, 2.45) is 0 Å². The lowest BCUT2D eigenvalue weighted by Crippen LogP contribution is -2.03. The first-order chi connectivity index (χ1) is 11.3. The number of ketones is 1. The molecule has 0 aliphatic carbocycles. The number of carbonyl (C=O) groups is 1. The number of hydrogen-bond acceptors (Lipinski definition) is 1. The molecule has 0 bridgehead atoms. The van der Waals surface area contributed by atoms with E-state index in [4.69, 9.17) is 0 Å². The molecule has 0 aliphatic rings. The third kappa shape index (κ3) is 3.53. The van der Waals surface area contributed by atoms with Crippen molar-refractivity contribution < 1.29 is 4.79 Å². The van der Waals surface area contributed by atoms with Crippen LogP contribution in [0.25, 0.3) is 10.9 Å². The number of fused-ring (bicyclic) bond motifs is 1. The van der Waals surface area contributed by atoms with Crippen LogP contribution in [0.1, 0.15) is 42.1 Å². The zero-order valence-corrected chi connectivity index (χ0v) is 13.7. The maximum Gasteiger partial charge on any atom is 0.169 e. The number of benzene rings is 2. The summed E-state index contributed by atoms with van der Waals surface area (Å²) in [5.41, 5.74) is 3.08. The predicted molar refractivity (Wildman–Crippen MR) is 95.9 cm³/mol. The van der Waals surface area contributed by atoms with Crippen LogP contribution in [-0.2, 0) is 13.0 Å². The lowest BCUT2D eigenvalue weighted by molar-refractivity contribution is 0.0994. The molecule has 0 saturated carbocycles. The van der Waals surface area contributed by atoms with Gasteiger partial charge in [0.05, 0.1) is 0 Å². The SMILES string of the molecule is CCCCCn1cc(C(=O)Cc2ccccc2)c2ccccc21. The summed E-state index contributed by atoms with van der Waals surface area (Å²) in [6, 6.07) is 18.2. The van der Waals surface area contributed by atoms with E-state index in [1.807, 2.05) is 48.7 Å². The van der Waals surface area contributed by atoms with E-state index in [1.54, 1.807) is 0 Å². The van der Waals surface area contributed by atoms with E-state index in [0.717, 1.165) is 29.5 Å². The average Bonchev–Trinajstić information content (AvgIpc) is 2.95. The fourth-order valence-electron chi connectivity index (χ4n) is 3.06. The summed E-state index contributed by atoms with van der Waals surface area (Å²) in [7, 11) is 0. The van der Waals surface area contributed by atoms with Crippen LogP contribution in [0, 0.1) is 0 Å². The van der Waals surface area contributed by atoms with Gasteiger partial charge >= 0.3 is 0 Å². The quantitative estimate of drug-likeness (QED) is 0.431. The highest BCUT2D eigenvalue weighted by Gasteiger charge is 2.15. The molecule has 0 fully saturated rings. The molecule has 3 aromatic rings. The fourth-order valence-corrected chi connectivity index (χ4v) is 3.06. The Bertz CT molecular complexity index is 786. The highest BCUT2D eigenvalue weighted by Crippen LogP contribution is 2.23. The second-order valence-electron chi connectivity index (χ2n) is 6.05. The van der Waals surface area contributed by atoms with Crippen molar-refractivity contribution in [1.82, 2.24) is 4.57 Å². The lowest BCUT2D eigenvalue weighted by atomic mass is 10.0. The first-order valence-electron chi connectivity index (χ1n) is 8.44. The van der Waals surface area contributed by atoms with Crippen molar-refractivity contribution >= 4 is 16.7 Å². The molecular weight excluding hydrogens is 282 g/mol. The van der Waals surface area contributed by atoms with E-state index in [-0.39, 0.29) is 5.78 Å². The molecule has 0 spiro atoms. The fraction of sp³-hybridized carbons (Fsp3) is 0.286. The van der Waals surface area contributed by atoms with Crippen LogP contribution >= 0.6 is 0 Å². The Morgan fingerprint density at radius 1 is 0.957 bits per heavy atom. The van der Waals surface area contributed by atoms with Gasteiger partial charge in [-0.3, -0.25) is 4.79 Å². The van der Waals surface area contributed by atoms with E-state index < -0.39 is 0 Å². The molecule has 1 aromatic heterocycles. The van der Waals surface area contributed by atoms with Crippen LogP contribution in [-0.4, -0.2) is 10.4 Å². The summed E-state index contributed by atoms with van der Waals surface area (Å²) in [5.74, 6) is 0.196. The Balaban J connectivity index is 1.89. The Kier molecular flexibility index (Phi) is 4.92. The highest BCUT2D eigenvalue weighted by atomic mass is 16.1. The molecule has 0 saturated heterocycles. The summed E-state index contributed by atoms with van der Waals surface area (Å²) in [5, 5.41) is 1.07. The first-order valence-corrected chi connectivity index (χ1v) is 8.44. The molecule has 0 aliphatic heterocycles. The van der Waals surface area contributed by atoms with Crippen molar-refractivity contribution in [1.29, 1.82) is 0 Å². The maximum atomic E-state index is 12.8. The van der Waals surface area contributed by atoms with Gasteiger partial charge in [-0.2, -0.15) is 0 Å². The molecule has 0 N–H and O–H groups in total. The molecular formula is C21H23NO. The van der Waals surface area contributed by atoms with Crippen LogP contribution in [0.2, 0.25) is 0 Å². The van der Waals surface area contributed by atoms with Gasteiger partial charge < -0.3 is 4.57 Å². The second-order valence-corrected chi connectivity index (χ2v) is 6.05. The number of para-hydroxylation sites is 1. The van der Waals surface area contributed by atoms with Gasteiger partial charge in [-0.25, -0.2) is 0 Å². The third-order valence-electron chi connectivity index (χ3n) is 4.30. The Labute approximate surface area is 137 Å². The van der Waals surface area contributed by atoms with Gasteiger partial charge in [0.25, 0.3) is 0 Å². The summed E-state index contributed by atoms with van der Waals surface area (Å²) < 4.78 is 2.24. The number of carbonyl (C=O) groups excluding carboxylic acids is 1. The van der Waals surface area contributed by atoms with Crippen LogP contribution in [0.4, 0.5) is 0 Å². The first kappa shape index (κ1) is 15.5. The Morgan fingerprint density at radius 3 is 2.48 bits per heavy atom. The molecule has 2 heteroatoms. The van der Waals surface area contributed by atoms with Crippen molar-refractivity contribution in [2.75, 3.05) is 0 Å². The Hall–Kier alpha value is -2.35. The van der Waals surface area contributed by atoms with Gasteiger partial charge in [-0.1, -0.05) is 68.3 Å². The smallest absolute Gasteiger partial charge is 0.169 e. The van der Waals surface area contributed by atoms with E-state index in [2.05, 4.69) is 23.6 Å². The van der Waals surface area contributed by atoms with Crippen molar-refractivity contribution in [3.05, 3.63) is 71.9 Å². The number of nitrogens with zero attached hydrogens (tertiary/aromatic N) is 1. The van der Waals surface area contributed by atoms with Crippen LogP contribution in [0.5, 0.6) is 0 Å². The van der Waals surface area contributed by atoms with Crippen molar-refractivity contribution in [2.45, 2.75) is 39.2 Å². The van der Waals surface area contributed by atoms with Gasteiger partial charge in [-0.15, -0.1) is 0 Å². The molecule has 0 unspecified atom stereocenters. The summed E-state index contributed by atoms with van der Waals surface area (Å²) in [6.07, 6.45) is 6.09. The molecule has 118 valence electrons. The van der Waals surface area contributed by atoms with Gasteiger partial charge in [0.15, 0.2) is 5.78 Å². The minimum atomic E-state index is 0.196. The topological polar surface area (TPSA) is 22.0 Å². The molecule has 2 nitrogen and oxygen atoms in total. The molecule has 0 amide bonds. The number of aryl methyl sites for hydroxylation is 1. The van der Waals surface area contributed by atoms with Crippen molar-refractivity contribution in [3.63, 3.8) is 0 Å². The van der Waals surface area contributed by atoms with Gasteiger partial charge in [0.1, 0.15) is 0 Å². The third-order valence-corrected chi connectivity index (χ3v) is 4.30. The summed E-state index contributed by atoms with van der Waals surface area (Å²) in [4.78, 5) is 12.8. The van der Waals surface area contributed by atoms with Crippen LogP contribution in [0.15, 0.2) is 60.8 Å². The van der Waals surface area contributed by atoms with E-state index in [0.29, 0.717) is 6.42 Å². The summed E-state index contributed by atoms with van der Waals surface area (Å²) >= 11 is 0.